The lowest BCUT2D eigenvalue weighted by molar-refractivity contribution is -0.159. The van der Waals surface area contributed by atoms with Crippen molar-refractivity contribution in [2.75, 3.05) is 6.54 Å². The van der Waals surface area contributed by atoms with E-state index < -0.39 is 53.6 Å². The van der Waals surface area contributed by atoms with Gasteiger partial charge >= 0.3 is 18.0 Å². The Balaban J connectivity index is 2.93. The maximum Gasteiger partial charge on any atom is 0.408 e. The molecule has 0 bridgehead atoms. The number of hydrogen-bond donors (Lipinski definition) is 5. The minimum Gasteiger partial charge on any atom is -0.478 e. The molecular weight excluding hydrogens is 486 g/mol. The summed E-state index contributed by atoms with van der Waals surface area (Å²) in [6.45, 7) is 9.00. The number of carbonyl (C=O) groups excluding carboxylic acids is 3. The van der Waals surface area contributed by atoms with E-state index in [0.717, 1.165) is 19.3 Å². The third-order valence-corrected chi connectivity index (χ3v) is 4.90. The zero-order valence-corrected chi connectivity index (χ0v) is 21.8. The second kappa shape index (κ2) is 14.7. The molecule has 2 atom stereocenters. The molecule has 3 amide bonds. The number of carboxylic acid groups (broad SMARTS) is 2. The van der Waals surface area contributed by atoms with Crippen molar-refractivity contribution in [1.82, 2.24) is 16.0 Å². The molecule has 0 spiro atoms. The molecule has 1 aromatic rings. The number of unbranched alkanes of at least 4 members (excludes halogenated alkanes) is 2. The largest absolute Gasteiger partial charge is 0.478 e. The van der Waals surface area contributed by atoms with Gasteiger partial charge in [0, 0.05) is 13.0 Å². The van der Waals surface area contributed by atoms with Crippen molar-refractivity contribution in [3.05, 3.63) is 29.8 Å². The van der Waals surface area contributed by atoms with Gasteiger partial charge in [0.2, 0.25) is 11.8 Å². The zero-order valence-electron chi connectivity index (χ0n) is 21.8. The Morgan fingerprint density at radius 3 is 2.03 bits per heavy atom. The SMILES string of the molecule is CCCCCNC(=O)C(Cc1ccc(OC(C(=O)O)C(=O)O)cc1)NC(=O)[C@H](C)NC(=O)OC(C)(C)C. The molecule has 0 saturated carbocycles. The van der Waals surface area contributed by atoms with Crippen LogP contribution in [0.15, 0.2) is 24.3 Å². The summed E-state index contributed by atoms with van der Waals surface area (Å²) in [6.07, 6.45) is -0.0731. The minimum absolute atomic E-state index is 0.0123. The number of amides is 3. The van der Waals surface area contributed by atoms with E-state index in [4.69, 9.17) is 19.7 Å². The van der Waals surface area contributed by atoms with E-state index in [1.807, 2.05) is 6.92 Å². The number of hydrogen-bond acceptors (Lipinski definition) is 7. The van der Waals surface area contributed by atoms with E-state index in [2.05, 4.69) is 16.0 Å². The third-order valence-electron chi connectivity index (χ3n) is 4.90. The molecular formula is C25H37N3O9. The molecule has 0 aromatic heterocycles. The van der Waals surface area contributed by atoms with Crippen molar-refractivity contribution >= 4 is 29.8 Å². The number of ether oxygens (including phenoxy) is 2. The molecule has 1 rings (SSSR count). The maximum atomic E-state index is 12.8. The van der Waals surface area contributed by atoms with Gasteiger partial charge in [-0.1, -0.05) is 31.9 Å². The fraction of sp³-hybridized carbons (Fsp3) is 0.560. The normalized spacial score (nSPS) is 12.7. The van der Waals surface area contributed by atoms with Crippen molar-refractivity contribution in [2.24, 2.45) is 0 Å². The smallest absolute Gasteiger partial charge is 0.408 e. The molecule has 0 saturated heterocycles. The van der Waals surface area contributed by atoms with Crippen LogP contribution in [0, 0.1) is 0 Å². The summed E-state index contributed by atoms with van der Waals surface area (Å²) in [5.74, 6) is -4.28. The Bertz CT molecular complexity index is 928. The van der Waals surface area contributed by atoms with Gasteiger partial charge in [-0.25, -0.2) is 14.4 Å². The highest BCUT2D eigenvalue weighted by atomic mass is 16.6. The van der Waals surface area contributed by atoms with Crippen LogP contribution in [-0.4, -0.2) is 70.4 Å². The summed E-state index contributed by atoms with van der Waals surface area (Å²) in [4.78, 5) is 59.6. The van der Waals surface area contributed by atoms with E-state index in [1.54, 1.807) is 20.8 Å². The van der Waals surface area contributed by atoms with Crippen LogP contribution in [0.2, 0.25) is 0 Å². The molecule has 0 heterocycles. The van der Waals surface area contributed by atoms with Crippen LogP contribution >= 0.6 is 0 Å². The maximum absolute atomic E-state index is 12.8. The van der Waals surface area contributed by atoms with Gasteiger partial charge in [0.1, 0.15) is 23.4 Å². The standard InChI is InChI=1S/C25H37N3O9/c1-6-7-8-13-26-21(30)18(28-20(29)15(2)27-24(35)37-25(3,4)5)14-16-9-11-17(12-10-16)36-19(22(31)32)23(33)34/h9-12,15,18-19H,6-8,13-14H2,1-5H3,(H,26,30)(H,27,35)(H,28,29)(H,31,32)(H,33,34)/t15-,18?/m0/s1. The number of alkyl carbamates (subject to hydrolysis) is 1. The number of carboxylic acids is 2. The molecule has 0 fully saturated rings. The average molecular weight is 524 g/mol. The fourth-order valence-corrected chi connectivity index (χ4v) is 3.05. The van der Waals surface area contributed by atoms with Crippen molar-refractivity contribution in [3.63, 3.8) is 0 Å². The monoisotopic (exact) mass is 523 g/mol. The van der Waals surface area contributed by atoms with Crippen LogP contribution in [0.1, 0.15) is 59.4 Å². The van der Waals surface area contributed by atoms with Gasteiger partial charge in [-0.3, -0.25) is 9.59 Å². The van der Waals surface area contributed by atoms with Crippen LogP contribution in [0.25, 0.3) is 0 Å². The van der Waals surface area contributed by atoms with Crippen LogP contribution < -0.4 is 20.7 Å². The third kappa shape index (κ3) is 12.1. The van der Waals surface area contributed by atoms with Gasteiger partial charge < -0.3 is 35.6 Å². The zero-order chi connectivity index (χ0) is 28.2. The predicted octanol–water partition coefficient (Wildman–Crippen LogP) is 1.85. The van der Waals surface area contributed by atoms with Crippen LogP contribution in [0.4, 0.5) is 4.79 Å². The first-order valence-corrected chi connectivity index (χ1v) is 12.0. The van der Waals surface area contributed by atoms with Crippen molar-refractivity contribution in [1.29, 1.82) is 0 Å². The Morgan fingerprint density at radius 1 is 0.919 bits per heavy atom. The molecule has 37 heavy (non-hydrogen) atoms. The minimum atomic E-state index is -2.06. The van der Waals surface area contributed by atoms with E-state index in [0.29, 0.717) is 12.1 Å². The molecule has 1 aromatic carbocycles. The molecule has 0 aliphatic carbocycles. The van der Waals surface area contributed by atoms with Crippen LogP contribution in [-0.2, 0) is 30.3 Å². The lowest BCUT2D eigenvalue weighted by Crippen LogP contribution is -2.54. The summed E-state index contributed by atoms with van der Waals surface area (Å²) >= 11 is 0. The lowest BCUT2D eigenvalue weighted by atomic mass is 10.0. The number of rotatable bonds is 14. The summed E-state index contributed by atoms with van der Waals surface area (Å²) in [6, 6.07) is 3.85. The molecule has 206 valence electrons. The second-order valence-corrected chi connectivity index (χ2v) is 9.45. The lowest BCUT2D eigenvalue weighted by Gasteiger charge is -2.23. The molecule has 5 N–H and O–H groups in total. The van der Waals surface area contributed by atoms with E-state index in [1.165, 1.54) is 31.2 Å². The number of nitrogens with one attached hydrogen (secondary N) is 3. The summed E-state index contributed by atoms with van der Waals surface area (Å²) in [7, 11) is 0. The van der Waals surface area contributed by atoms with Gasteiger partial charge in [-0.05, 0) is 51.8 Å². The van der Waals surface area contributed by atoms with Gasteiger partial charge in [-0.15, -0.1) is 0 Å². The first-order valence-electron chi connectivity index (χ1n) is 12.0. The predicted molar refractivity (Wildman–Crippen MR) is 133 cm³/mol. The van der Waals surface area contributed by atoms with Gasteiger partial charge in [-0.2, -0.15) is 0 Å². The Labute approximate surface area is 216 Å². The molecule has 12 heteroatoms. The summed E-state index contributed by atoms with van der Waals surface area (Å²) < 4.78 is 10.1. The summed E-state index contributed by atoms with van der Waals surface area (Å²) in [5, 5.41) is 25.8. The van der Waals surface area contributed by atoms with Gasteiger partial charge in [0.15, 0.2) is 0 Å². The van der Waals surface area contributed by atoms with Crippen molar-refractivity contribution < 1.29 is 43.7 Å². The van der Waals surface area contributed by atoms with Crippen molar-refractivity contribution in [2.45, 2.75) is 84.1 Å². The number of aliphatic carboxylic acids is 2. The van der Waals surface area contributed by atoms with E-state index in [-0.39, 0.29) is 12.2 Å². The molecule has 0 aliphatic heterocycles. The first-order chi connectivity index (χ1) is 17.2. The second-order valence-electron chi connectivity index (χ2n) is 9.45. The highest BCUT2D eigenvalue weighted by molar-refractivity contribution is 5.96. The Kier molecular flexibility index (Phi) is 12.4. The van der Waals surface area contributed by atoms with E-state index >= 15 is 0 Å². The van der Waals surface area contributed by atoms with Crippen LogP contribution in [0.5, 0.6) is 5.75 Å². The number of carbonyl (C=O) groups is 5. The van der Waals surface area contributed by atoms with Crippen LogP contribution in [0.3, 0.4) is 0 Å². The molecule has 12 nitrogen and oxygen atoms in total. The molecule has 1 unspecified atom stereocenters. The first kappa shape index (κ1) is 31.2. The highest BCUT2D eigenvalue weighted by Crippen LogP contribution is 2.16. The Morgan fingerprint density at radius 2 is 1.51 bits per heavy atom. The summed E-state index contributed by atoms with van der Waals surface area (Å²) in [5.41, 5.74) is -0.150. The topological polar surface area (TPSA) is 180 Å². The molecule has 0 radical (unpaired) electrons. The van der Waals surface area contributed by atoms with Gasteiger partial charge in [0.25, 0.3) is 6.10 Å². The van der Waals surface area contributed by atoms with E-state index in [9.17, 15) is 24.0 Å². The fourth-order valence-electron chi connectivity index (χ4n) is 3.05. The van der Waals surface area contributed by atoms with Gasteiger partial charge in [0.05, 0.1) is 0 Å². The highest BCUT2D eigenvalue weighted by Gasteiger charge is 2.28. The number of benzene rings is 1. The average Bonchev–Trinajstić information content (AvgIpc) is 2.78. The van der Waals surface area contributed by atoms with Crippen molar-refractivity contribution in [3.8, 4) is 5.75 Å². The molecule has 0 aliphatic rings. The Hall–Kier alpha value is -3.83. The quantitative estimate of drug-likeness (QED) is 0.180.